The highest BCUT2D eigenvalue weighted by Gasteiger charge is 2.48. The van der Waals surface area contributed by atoms with Gasteiger partial charge in [-0.2, -0.15) is 0 Å². The average Bonchev–Trinajstić information content (AvgIpc) is 3.30. The van der Waals surface area contributed by atoms with Crippen LogP contribution in [-0.2, 0) is 22.6 Å². The molecule has 0 saturated heterocycles. The van der Waals surface area contributed by atoms with Crippen LogP contribution in [0.1, 0.15) is 30.9 Å². The van der Waals surface area contributed by atoms with Crippen molar-refractivity contribution in [3.8, 4) is 0 Å². The van der Waals surface area contributed by atoms with Gasteiger partial charge in [-0.25, -0.2) is 0 Å². The normalized spacial score (nSPS) is 24.1. The Hall–Kier alpha value is -1.88. The van der Waals surface area contributed by atoms with Crippen LogP contribution in [-0.4, -0.2) is 28.3 Å². The Kier molecular flexibility index (Phi) is 3.24. The van der Waals surface area contributed by atoms with Gasteiger partial charge in [0.1, 0.15) is 6.04 Å². The third-order valence-corrected chi connectivity index (χ3v) is 4.72. The summed E-state index contributed by atoms with van der Waals surface area (Å²) >= 11 is 0. The zero-order chi connectivity index (χ0) is 15.2. The molecule has 1 aromatic carbocycles. The standard InChI is InChI=1S/C16H21N3O2/c1-16(18,12-6-7-12)15(21)19-9-11-5-3-2-4-10(11)8-13(19)14(17)20/h2-5,12-13H,6-9,18H2,1H3,(H2,17,20)/t13-,16?/m0/s1. The van der Waals surface area contributed by atoms with Crippen LogP contribution in [0.4, 0.5) is 0 Å². The largest absolute Gasteiger partial charge is 0.368 e. The zero-order valence-electron chi connectivity index (χ0n) is 12.2. The molecular formula is C16H21N3O2. The van der Waals surface area contributed by atoms with E-state index in [2.05, 4.69) is 0 Å². The van der Waals surface area contributed by atoms with Crippen molar-refractivity contribution in [2.24, 2.45) is 17.4 Å². The smallest absolute Gasteiger partial charge is 0.243 e. The van der Waals surface area contributed by atoms with E-state index in [4.69, 9.17) is 11.5 Å². The first-order chi connectivity index (χ1) is 9.91. The number of carbonyl (C=O) groups is 2. The van der Waals surface area contributed by atoms with Gasteiger partial charge in [0.05, 0.1) is 5.54 Å². The lowest BCUT2D eigenvalue weighted by molar-refractivity contribution is -0.145. The lowest BCUT2D eigenvalue weighted by Gasteiger charge is -2.39. The maximum Gasteiger partial charge on any atom is 0.243 e. The molecule has 1 aliphatic heterocycles. The first-order valence-electron chi connectivity index (χ1n) is 7.37. The number of primary amides is 1. The van der Waals surface area contributed by atoms with Crippen molar-refractivity contribution in [1.82, 2.24) is 4.90 Å². The Morgan fingerprint density at radius 1 is 1.24 bits per heavy atom. The topological polar surface area (TPSA) is 89.4 Å². The van der Waals surface area contributed by atoms with Gasteiger partial charge in [-0.1, -0.05) is 24.3 Å². The minimum Gasteiger partial charge on any atom is -0.368 e. The predicted molar refractivity (Wildman–Crippen MR) is 79.0 cm³/mol. The van der Waals surface area contributed by atoms with Gasteiger partial charge in [0.2, 0.25) is 11.8 Å². The van der Waals surface area contributed by atoms with Crippen LogP contribution < -0.4 is 11.5 Å². The molecule has 1 aliphatic carbocycles. The van der Waals surface area contributed by atoms with E-state index in [0.29, 0.717) is 13.0 Å². The molecule has 2 aliphatic rings. The van der Waals surface area contributed by atoms with Crippen LogP contribution in [0, 0.1) is 5.92 Å². The summed E-state index contributed by atoms with van der Waals surface area (Å²) in [6, 6.07) is 7.24. The molecule has 3 rings (SSSR count). The maximum atomic E-state index is 12.8. The van der Waals surface area contributed by atoms with Crippen LogP contribution in [0.2, 0.25) is 0 Å². The van der Waals surface area contributed by atoms with E-state index in [1.54, 1.807) is 11.8 Å². The molecule has 1 aromatic rings. The van der Waals surface area contributed by atoms with Gasteiger partial charge >= 0.3 is 0 Å². The number of fused-ring (bicyclic) bond motifs is 1. The Morgan fingerprint density at radius 2 is 1.86 bits per heavy atom. The summed E-state index contributed by atoms with van der Waals surface area (Å²) in [6.07, 6.45) is 2.42. The van der Waals surface area contributed by atoms with Gasteiger partial charge in [0.15, 0.2) is 0 Å². The molecule has 0 bridgehead atoms. The Balaban J connectivity index is 1.92. The van der Waals surface area contributed by atoms with Crippen LogP contribution in [0.5, 0.6) is 0 Å². The fraction of sp³-hybridized carbons (Fsp3) is 0.500. The molecule has 0 spiro atoms. The van der Waals surface area contributed by atoms with Crippen molar-refractivity contribution >= 4 is 11.8 Å². The highest BCUT2D eigenvalue weighted by Crippen LogP contribution is 2.40. The summed E-state index contributed by atoms with van der Waals surface area (Å²) in [7, 11) is 0. The molecule has 112 valence electrons. The summed E-state index contributed by atoms with van der Waals surface area (Å²) in [5.74, 6) is -0.413. The number of hydrogen-bond donors (Lipinski definition) is 2. The third kappa shape index (κ3) is 2.42. The number of nitrogens with two attached hydrogens (primary N) is 2. The van der Waals surface area contributed by atoms with Gasteiger partial charge in [-0.15, -0.1) is 0 Å². The quantitative estimate of drug-likeness (QED) is 0.851. The Labute approximate surface area is 124 Å². The van der Waals surface area contributed by atoms with Gasteiger partial charge < -0.3 is 16.4 Å². The fourth-order valence-corrected chi connectivity index (χ4v) is 3.16. The second-order valence-electron chi connectivity index (χ2n) is 6.38. The number of rotatable bonds is 3. The zero-order valence-corrected chi connectivity index (χ0v) is 12.2. The molecule has 21 heavy (non-hydrogen) atoms. The molecule has 4 N–H and O–H groups in total. The summed E-state index contributed by atoms with van der Waals surface area (Å²) in [4.78, 5) is 26.2. The average molecular weight is 287 g/mol. The van der Waals surface area contributed by atoms with E-state index < -0.39 is 17.5 Å². The van der Waals surface area contributed by atoms with E-state index in [1.807, 2.05) is 24.3 Å². The molecule has 5 heteroatoms. The minimum atomic E-state index is -0.903. The Morgan fingerprint density at radius 3 is 2.43 bits per heavy atom. The first-order valence-corrected chi connectivity index (χ1v) is 7.37. The van der Waals surface area contributed by atoms with Gasteiger partial charge in [-0.05, 0) is 36.8 Å². The van der Waals surface area contributed by atoms with Crippen LogP contribution in [0.25, 0.3) is 0 Å². The van der Waals surface area contributed by atoms with Gasteiger partial charge in [0, 0.05) is 13.0 Å². The molecule has 1 heterocycles. The summed E-state index contributed by atoms with van der Waals surface area (Å²) in [5.41, 5.74) is 13.0. The molecular weight excluding hydrogens is 266 g/mol. The number of amides is 2. The molecule has 0 radical (unpaired) electrons. The molecule has 1 fully saturated rings. The second-order valence-corrected chi connectivity index (χ2v) is 6.38. The highest BCUT2D eigenvalue weighted by atomic mass is 16.2. The van der Waals surface area contributed by atoms with Crippen molar-refractivity contribution in [2.75, 3.05) is 0 Å². The second kappa shape index (κ2) is 4.84. The van der Waals surface area contributed by atoms with E-state index in [9.17, 15) is 9.59 Å². The number of carbonyl (C=O) groups excluding carboxylic acids is 2. The summed E-state index contributed by atoms with van der Waals surface area (Å²) in [6.45, 7) is 2.17. The van der Waals surface area contributed by atoms with Crippen molar-refractivity contribution in [3.05, 3.63) is 35.4 Å². The molecule has 0 aromatic heterocycles. The van der Waals surface area contributed by atoms with Crippen molar-refractivity contribution in [3.63, 3.8) is 0 Å². The van der Waals surface area contributed by atoms with Crippen LogP contribution in [0.3, 0.4) is 0 Å². The van der Waals surface area contributed by atoms with E-state index in [1.165, 1.54) is 0 Å². The summed E-state index contributed by atoms with van der Waals surface area (Å²) in [5, 5.41) is 0. The molecule has 5 nitrogen and oxygen atoms in total. The monoisotopic (exact) mass is 287 g/mol. The number of hydrogen-bond acceptors (Lipinski definition) is 3. The number of benzene rings is 1. The van der Waals surface area contributed by atoms with Crippen molar-refractivity contribution < 1.29 is 9.59 Å². The van der Waals surface area contributed by atoms with Gasteiger partial charge in [0.25, 0.3) is 0 Å². The molecule has 2 atom stereocenters. The fourth-order valence-electron chi connectivity index (χ4n) is 3.16. The van der Waals surface area contributed by atoms with Crippen LogP contribution >= 0.6 is 0 Å². The molecule has 1 saturated carbocycles. The van der Waals surface area contributed by atoms with Gasteiger partial charge in [-0.3, -0.25) is 9.59 Å². The van der Waals surface area contributed by atoms with E-state index >= 15 is 0 Å². The lowest BCUT2D eigenvalue weighted by Crippen LogP contribution is -2.61. The lowest BCUT2D eigenvalue weighted by atomic mass is 9.89. The third-order valence-electron chi connectivity index (χ3n) is 4.72. The summed E-state index contributed by atoms with van der Waals surface area (Å²) < 4.78 is 0. The van der Waals surface area contributed by atoms with Crippen molar-refractivity contribution in [2.45, 2.75) is 44.3 Å². The van der Waals surface area contributed by atoms with Crippen molar-refractivity contribution in [1.29, 1.82) is 0 Å². The van der Waals surface area contributed by atoms with Crippen LogP contribution in [0.15, 0.2) is 24.3 Å². The van der Waals surface area contributed by atoms with E-state index in [-0.39, 0.29) is 11.8 Å². The minimum absolute atomic E-state index is 0.164. The first kappa shape index (κ1) is 14.1. The maximum absolute atomic E-state index is 12.8. The SMILES string of the molecule is CC(N)(C(=O)N1Cc2ccccc2C[C@H]1C(N)=O)C1CC1. The molecule has 1 unspecified atom stereocenters. The number of nitrogens with zero attached hydrogens (tertiary/aromatic N) is 1. The Bertz CT molecular complexity index is 593. The highest BCUT2D eigenvalue weighted by molar-refractivity contribution is 5.92. The van der Waals surface area contributed by atoms with E-state index in [0.717, 1.165) is 24.0 Å². The molecule has 2 amide bonds. The predicted octanol–water partition coefficient (Wildman–Crippen LogP) is 0.553.